The van der Waals surface area contributed by atoms with E-state index in [1.807, 2.05) is 30.3 Å². The number of hydrogen-bond donors (Lipinski definition) is 1. The minimum absolute atomic E-state index is 0.202. The van der Waals surface area contributed by atoms with Crippen LogP contribution >= 0.6 is 0 Å². The second kappa shape index (κ2) is 8.28. The van der Waals surface area contributed by atoms with Gasteiger partial charge in [0.15, 0.2) is 0 Å². The van der Waals surface area contributed by atoms with Crippen LogP contribution in [0.2, 0.25) is 0 Å². The standard InChI is InChI=1S/C19H21N3O3/c23-18(21-16-9-6-11-20-13-16)17-10-4-5-12-22(17)19(24)25-14-15-7-2-1-3-8-15/h1-3,6-9,11,13,17H,4-5,10,12,14H2,(H,21,23)/t17-/m1/s1. The molecule has 2 amide bonds. The van der Waals surface area contributed by atoms with E-state index in [1.165, 1.54) is 4.90 Å². The molecular weight excluding hydrogens is 318 g/mol. The lowest BCUT2D eigenvalue weighted by molar-refractivity contribution is -0.121. The summed E-state index contributed by atoms with van der Waals surface area (Å²) in [7, 11) is 0. The van der Waals surface area contributed by atoms with E-state index in [0.717, 1.165) is 18.4 Å². The number of likely N-dealkylation sites (tertiary alicyclic amines) is 1. The molecule has 0 radical (unpaired) electrons. The molecule has 6 nitrogen and oxygen atoms in total. The van der Waals surface area contributed by atoms with Crippen LogP contribution in [0, 0.1) is 0 Å². The minimum atomic E-state index is -0.516. The summed E-state index contributed by atoms with van der Waals surface area (Å²) in [5, 5.41) is 2.82. The molecule has 1 fully saturated rings. The largest absolute Gasteiger partial charge is 0.445 e. The Hall–Kier alpha value is -2.89. The van der Waals surface area contributed by atoms with Gasteiger partial charge in [-0.1, -0.05) is 30.3 Å². The number of anilines is 1. The van der Waals surface area contributed by atoms with Crippen molar-refractivity contribution < 1.29 is 14.3 Å². The molecule has 2 heterocycles. The molecule has 1 N–H and O–H groups in total. The van der Waals surface area contributed by atoms with E-state index in [0.29, 0.717) is 18.7 Å². The van der Waals surface area contributed by atoms with Gasteiger partial charge in [-0.3, -0.25) is 14.7 Å². The molecule has 1 aromatic carbocycles. The van der Waals surface area contributed by atoms with Gasteiger partial charge in [0, 0.05) is 12.7 Å². The molecule has 0 aliphatic carbocycles. The van der Waals surface area contributed by atoms with Gasteiger partial charge in [-0.2, -0.15) is 0 Å². The van der Waals surface area contributed by atoms with E-state index < -0.39 is 12.1 Å². The monoisotopic (exact) mass is 339 g/mol. The molecule has 6 heteroatoms. The number of carbonyl (C=O) groups is 2. The lowest BCUT2D eigenvalue weighted by atomic mass is 10.0. The number of ether oxygens (including phenoxy) is 1. The highest BCUT2D eigenvalue weighted by Crippen LogP contribution is 2.20. The van der Waals surface area contributed by atoms with E-state index in [1.54, 1.807) is 24.5 Å². The number of rotatable bonds is 4. The van der Waals surface area contributed by atoms with Crippen LogP contribution in [-0.4, -0.2) is 34.5 Å². The predicted molar refractivity (Wildman–Crippen MR) is 93.8 cm³/mol. The first-order valence-corrected chi connectivity index (χ1v) is 8.42. The number of amides is 2. The SMILES string of the molecule is O=C(Nc1cccnc1)[C@H]1CCCCN1C(=O)OCc1ccccc1. The third-order valence-electron chi connectivity index (χ3n) is 4.17. The molecule has 1 saturated heterocycles. The Bertz CT molecular complexity index is 706. The minimum Gasteiger partial charge on any atom is -0.445 e. The molecule has 130 valence electrons. The van der Waals surface area contributed by atoms with Gasteiger partial charge in [0.25, 0.3) is 0 Å². The fourth-order valence-corrected chi connectivity index (χ4v) is 2.89. The van der Waals surface area contributed by atoms with Crippen LogP contribution in [-0.2, 0) is 16.1 Å². The van der Waals surface area contributed by atoms with Crippen molar-refractivity contribution in [2.75, 3.05) is 11.9 Å². The van der Waals surface area contributed by atoms with Gasteiger partial charge in [0.1, 0.15) is 12.6 Å². The van der Waals surface area contributed by atoms with Crippen LogP contribution in [0.25, 0.3) is 0 Å². The maximum Gasteiger partial charge on any atom is 0.410 e. The maximum atomic E-state index is 12.6. The van der Waals surface area contributed by atoms with Crippen LogP contribution in [0.1, 0.15) is 24.8 Å². The zero-order valence-corrected chi connectivity index (χ0v) is 13.9. The molecule has 0 saturated carbocycles. The molecule has 1 atom stereocenters. The second-order valence-electron chi connectivity index (χ2n) is 5.98. The van der Waals surface area contributed by atoms with Gasteiger partial charge in [-0.15, -0.1) is 0 Å². The Morgan fingerprint density at radius 1 is 1.16 bits per heavy atom. The Labute approximate surface area is 146 Å². The quantitative estimate of drug-likeness (QED) is 0.928. The Kier molecular flexibility index (Phi) is 5.61. The van der Waals surface area contributed by atoms with Crippen molar-refractivity contribution >= 4 is 17.7 Å². The van der Waals surface area contributed by atoms with Crippen LogP contribution < -0.4 is 5.32 Å². The summed E-state index contributed by atoms with van der Waals surface area (Å²) in [5.74, 6) is -0.204. The molecule has 0 bridgehead atoms. The summed E-state index contributed by atoms with van der Waals surface area (Å²) in [4.78, 5) is 30.5. The number of aromatic nitrogens is 1. The Balaban J connectivity index is 1.61. The van der Waals surface area contributed by atoms with E-state index >= 15 is 0 Å². The average Bonchev–Trinajstić information content (AvgIpc) is 2.67. The summed E-state index contributed by atoms with van der Waals surface area (Å²) in [6.07, 6.45) is 5.19. The molecule has 2 aromatic rings. The zero-order chi connectivity index (χ0) is 17.5. The summed E-state index contributed by atoms with van der Waals surface area (Å²) in [6, 6.07) is 12.5. The highest BCUT2D eigenvalue weighted by atomic mass is 16.6. The fraction of sp³-hybridized carbons (Fsp3) is 0.316. The smallest absolute Gasteiger partial charge is 0.410 e. The van der Waals surface area contributed by atoms with E-state index in [9.17, 15) is 9.59 Å². The fourth-order valence-electron chi connectivity index (χ4n) is 2.89. The van der Waals surface area contributed by atoms with Crippen molar-refractivity contribution in [2.24, 2.45) is 0 Å². The first-order chi connectivity index (χ1) is 12.2. The number of benzene rings is 1. The number of nitrogens with zero attached hydrogens (tertiary/aromatic N) is 2. The molecule has 25 heavy (non-hydrogen) atoms. The Morgan fingerprint density at radius 3 is 2.76 bits per heavy atom. The number of piperidine rings is 1. The van der Waals surface area contributed by atoms with Gasteiger partial charge in [-0.05, 0) is 37.0 Å². The second-order valence-corrected chi connectivity index (χ2v) is 5.98. The molecule has 1 aliphatic rings. The van der Waals surface area contributed by atoms with E-state index in [4.69, 9.17) is 4.74 Å². The van der Waals surface area contributed by atoms with Crippen molar-refractivity contribution in [3.05, 3.63) is 60.4 Å². The lowest BCUT2D eigenvalue weighted by Gasteiger charge is -2.33. The summed E-state index contributed by atoms with van der Waals surface area (Å²) in [6.45, 7) is 0.728. The first-order valence-electron chi connectivity index (χ1n) is 8.42. The number of hydrogen-bond acceptors (Lipinski definition) is 4. The summed E-state index contributed by atoms with van der Waals surface area (Å²) in [5.41, 5.74) is 1.54. The molecular formula is C19H21N3O3. The third-order valence-corrected chi connectivity index (χ3v) is 4.17. The van der Waals surface area contributed by atoms with Gasteiger partial charge >= 0.3 is 6.09 Å². The average molecular weight is 339 g/mol. The van der Waals surface area contributed by atoms with Crippen molar-refractivity contribution in [3.63, 3.8) is 0 Å². The molecule has 0 spiro atoms. The topological polar surface area (TPSA) is 71.5 Å². The molecule has 1 aliphatic heterocycles. The highest BCUT2D eigenvalue weighted by molar-refractivity contribution is 5.96. The molecule has 0 unspecified atom stereocenters. The van der Waals surface area contributed by atoms with Gasteiger partial charge < -0.3 is 10.1 Å². The van der Waals surface area contributed by atoms with Crippen LogP contribution in [0.5, 0.6) is 0 Å². The zero-order valence-electron chi connectivity index (χ0n) is 13.9. The van der Waals surface area contributed by atoms with Crippen molar-refractivity contribution in [2.45, 2.75) is 31.9 Å². The predicted octanol–water partition coefficient (Wildman–Crippen LogP) is 3.21. The molecule has 1 aromatic heterocycles. The first kappa shape index (κ1) is 17.0. The van der Waals surface area contributed by atoms with Gasteiger partial charge in [-0.25, -0.2) is 4.79 Å². The normalized spacial score (nSPS) is 17.0. The summed E-state index contributed by atoms with van der Waals surface area (Å²) >= 11 is 0. The van der Waals surface area contributed by atoms with Crippen molar-refractivity contribution in [1.82, 2.24) is 9.88 Å². The van der Waals surface area contributed by atoms with Crippen LogP contribution in [0.3, 0.4) is 0 Å². The van der Waals surface area contributed by atoms with Crippen molar-refractivity contribution in [3.8, 4) is 0 Å². The van der Waals surface area contributed by atoms with E-state index in [2.05, 4.69) is 10.3 Å². The van der Waals surface area contributed by atoms with Crippen molar-refractivity contribution in [1.29, 1.82) is 0 Å². The van der Waals surface area contributed by atoms with Gasteiger partial charge in [0.05, 0.1) is 11.9 Å². The summed E-state index contributed by atoms with van der Waals surface area (Å²) < 4.78 is 5.39. The lowest BCUT2D eigenvalue weighted by Crippen LogP contribution is -2.50. The maximum absolute atomic E-state index is 12.6. The number of carbonyl (C=O) groups excluding carboxylic acids is 2. The number of pyridine rings is 1. The van der Waals surface area contributed by atoms with Gasteiger partial charge in [0.2, 0.25) is 5.91 Å². The highest BCUT2D eigenvalue weighted by Gasteiger charge is 2.33. The Morgan fingerprint density at radius 2 is 2.00 bits per heavy atom. The third kappa shape index (κ3) is 4.56. The van der Waals surface area contributed by atoms with E-state index in [-0.39, 0.29) is 12.5 Å². The van der Waals surface area contributed by atoms with Crippen LogP contribution in [0.4, 0.5) is 10.5 Å². The van der Waals surface area contributed by atoms with Crippen LogP contribution in [0.15, 0.2) is 54.9 Å². The number of nitrogens with one attached hydrogen (secondary N) is 1. The molecule has 3 rings (SSSR count).